The fraction of sp³-hybridized carbons (Fsp3) is 0.750. The molecule has 3 heteroatoms. The first-order valence-corrected chi connectivity index (χ1v) is 7.99. The molecule has 0 unspecified atom stereocenters. The summed E-state index contributed by atoms with van der Waals surface area (Å²) in [6, 6.07) is 2.00. The maximum absolute atomic E-state index is 5.31. The van der Waals surface area contributed by atoms with Crippen molar-refractivity contribution >= 4 is 12.2 Å². The zero-order valence-corrected chi connectivity index (χ0v) is 13.4. The predicted molar refractivity (Wildman–Crippen MR) is 83.0 cm³/mol. The summed E-state index contributed by atoms with van der Waals surface area (Å²) in [6.07, 6.45) is 5.17. The number of hydrogen-bond donors (Lipinski definition) is 1. The normalized spacial score (nSPS) is 24.1. The lowest BCUT2D eigenvalue weighted by Gasteiger charge is -2.30. The number of hydrogen-bond acceptors (Lipinski definition) is 2. The zero-order valence-electron chi connectivity index (χ0n) is 12.6. The van der Waals surface area contributed by atoms with Crippen LogP contribution in [0.15, 0.2) is 6.07 Å². The second-order valence-electron chi connectivity index (χ2n) is 6.57. The van der Waals surface area contributed by atoms with E-state index in [0.717, 1.165) is 22.3 Å². The van der Waals surface area contributed by atoms with Gasteiger partial charge in [-0.15, -0.1) is 0 Å². The van der Waals surface area contributed by atoms with E-state index in [4.69, 9.17) is 12.2 Å². The highest BCUT2D eigenvalue weighted by molar-refractivity contribution is 7.71. The van der Waals surface area contributed by atoms with E-state index < -0.39 is 0 Å². The summed E-state index contributed by atoms with van der Waals surface area (Å²) in [7, 11) is 0. The van der Waals surface area contributed by atoms with Crippen LogP contribution in [0.25, 0.3) is 0 Å². The van der Waals surface area contributed by atoms with Gasteiger partial charge in [0.1, 0.15) is 10.5 Å². The molecule has 0 aliphatic heterocycles. The summed E-state index contributed by atoms with van der Waals surface area (Å²) >= 11 is 5.31. The molecule has 1 N–H and O–H groups in total. The average Bonchev–Trinajstić information content (AvgIpc) is 2.38. The minimum atomic E-state index is 0.482. The fourth-order valence-electron chi connectivity index (χ4n) is 3.06. The molecule has 0 aromatic carbocycles. The second kappa shape index (κ2) is 6.17. The van der Waals surface area contributed by atoms with Gasteiger partial charge in [-0.05, 0) is 49.5 Å². The van der Waals surface area contributed by atoms with Gasteiger partial charge in [0, 0.05) is 11.6 Å². The molecule has 1 fully saturated rings. The quantitative estimate of drug-likeness (QED) is 0.770. The van der Waals surface area contributed by atoms with E-state index in [1.54, 1.807) is 0 Å². The van der Waals surface area contributed by atoms with E-state index in [-0.39, 0.29) is 0 Å². The van der Waals surface area contributed by atoms with Crippen LogP contribution >= 0.6 is 12.2 Å². The van der Waals surface area contributed by atoms with Crippen molar-refractivity contribution in [1.29, 1.82) is 0 Å². The van der Waals surface area contributed by atoms with E-state index in [9.17, 15) is 0 Å². The highest BCUT2D eigenvalue weighted by Gasteiger charge is 2.25. The molecule has 0 spiro atoms. The molecule has 0 bridgehead atoms. The molecule has 2 rings (SSSR count). The molecule has 0 radical (unpaired) electrons. The second-order valence-corrected chi connectivity index (χ2v) is 6.99. The predicted octanol–water partition coefficient (Wildman–Crippen LogP) is 5.19. The molecule has 106 valence electrons. The third-order valence-electron chi connectivity index (χ3n) is 4.51. The van der Waals surface area contributed by atoms with Crippen LogP contribution in [-0.4, -0.2) is 9.97 Å². The highest BCUT2D eigenvalue weighted by atomic mass is 32.1. The van der Waals surface area contributed by atoms with Gasteiger partial charge in [-0.1, -0.05) is 39.9 Å². The van der Waals surface area contributed by atoms with E-state index in [2.05, 4.69) is 37.7 Å². The monoisotopic (exact) mass is 278 g/mol. The van der Waals surface area contributed by atoms with Crippen LogP contribution in [0, 0.1) is 16.5 Å². The lowest BCUT2D eigenvalue weighted by molar-refractivity contribution is 0.254. The van der Waals surface area contributed by atoms with Gasteiger partial charge >= 0.3 is 0 Å². The Balaban J connectivity index is 2.13. The molecule has 2 nitrogen and oxygen atoms in total. The molecule has 1 aliphatic rings. The van der Waals surface area contributed by atoms with E-state index in [1.165, 1.54) is 31.4 Å². The third-order valence-corrected chi connectivity index (χ3v) is 4.71. The Labute approximate surface area is 122 Å². The Morgan fingerprint density at radius 1 is 1.16 bits per heavy atom. The van der Waals surface area contributed by atoms with Gasteiger partial charge in [0.05, 0.1) is 0 Å². The standard InChI is InChI=1S/C16H26N2S/c1-10(2)12-5-7-13(8-6-12)16-17-14(11(3)4)9-15(19)18-16/h9-13H,5-8H2,1-4H3,(H,17,18,19). The van der Waals surface area contributed by atoms with Gasteiger partial charge in [0.25, 0.3) is 0 Å². The van der Waals surface area contributed by atoms with Gasteiger partial charge in [-0.2, -0.15) is 0 Å². The van der Waals surface area contributed by atoms with E-state index in [0.29, 0.717) is 11.8 Å². The lowest BCUT2D eigenvalue weighted by Crippen LogP contribution is -2.19. The first kappa shape index (κ1) is 14.7. The molecule has 1 heterocycles. The molecule has 1 saturated carbocycles. The van der Waals surface area contributed by atoms with Crippen LogP contribution in [0.2, 0.25) is 0 Å². The van der Waals surface area contributed by atoms with Crippen molar-refractivity contribution in [2.45, 2.75) is 65.2 Å². The minimum Gasteiger partial charge on any atom is -0.347 e. The van der Waals surface area contributed by atoms with Crippen molar-refractivity contribution in [3.8, 4) is 0 Å². The summed E-state index contributed by atoms with van der Waals surface area (Å²) in [4.78, 5) is 8.09. The number of rotatable bonds is 3. The van der Waals surface area contributed by atoms with Crippen molar-refractivity contribution in [2.75, 3.05) is 0 Å². The van der Waals surface area contributed by atoms with Crippen molar-refractivity contribution in [1.82, 2.24) is 9.97 Å². The molecular formula is C16H26N2S. The van der Waals surface area contributed by atoms with Crippen LogP contribution in [0.1, 0.15) is 76.7 Å². The smallest absolute Gasteiger partial charge is 0.130 e. The maximum atomic E-state index is 5.31. The number of nitrogens with zero attached hydrogens (tertiary/aromatic N) is 1. The molecule has 19 heavy (non-hydrogen) atoms. The maximum Gasteiger partial charge on any atom is 0.130 e. The van der Waals surface area contributed by atoms with Gasteiger partial charge in [0.15, 0.2) is 0 Å². The largest absolute Gasteiger partial charge is 0.347 e. The number of aromatic nitrogens is 2. The number of aromatic amines is 1. The molecular weight excluding hydrogens is 252 g/mol. The van der Waals surface area contributed by atoms with Crippen molar-refractivity contribution < 1.29 is 0 Å². The summed E-state index contributed by atoms with van der Waals surface area (Å²) in [5.41, 5.74) is 1.22. The van der Waals surface area contributed by atoms with Crippen LogP contribution in [0.4, 0.5) is 0 Å². The van der Waals surface area contributed by atoms with E-state index >= 15 is 0 Å². The molecule has 1 aromatic heterocycles. The average molecular weight is 278 g/mol. The molecule has 1 aliphatic carbocycles. The topological polar surface area (TPSA) is 28.7 Å². The number of nitrogens with one attached hydrogen (secondary N) is 1. The first-order valence-electron chi connectivity index (χ1n) is 7.58. The minimum absolute atomic E-state index is 0.482. The Hall–Kier alpha value is -0.700. The number of H-pyrrole nitrogens is 1. The van der Waals surface area contributed by atoms with Crippen LogP contribution < -0.4 is 0 Å². The molecule has 0 amide bonds. The van der Waals surface area contributed by atoms with E-state index in [1.807, 2.05) is 6.07 Å². The van der Waals surface area contributed by atoms with Crippen LogP contribution in [0.3, 0.4) is 0 Å². The molecule has 0 saturated heterocycles. The van der Waals surface area contributed by atoms with Crippen molar-refractivity contribution in [3.05, 3.63) is 22.2 Å². The Bertz CT molecular complexity index is 468. The van der Waals surface area contributed by atoms with Gasteiger partial charge < -0.3 is 4.98 Å². The highest BCUT2D eigenvalue weighted by Crippen LogP contribution is 2.37. The van der Waals surface area contributed by atoms with Crippen molar-refractivity contribution in [3.63, 3.8) is 0 Å². The third kappa shape index (κ3) is 3.65. The summed E-state index contributed by atoms with van der Waals surface area (Å²) in [5.74, 6) is 3.89. The lowest BCUT2D eigenvalue weighted by atomic mass is 9.76. The summed E-state index contributed by atoms with van der Waals surface area (Å²) in [5, 5.41) is 0. The molecule has 0 atom stereocenters. The SMILES string of the molecule is CC(C)c1cc(=S)nc(C2CCC(C(C)C)CC2)[nH]1. The van der Waals surface area contributed by atoms with Gasteiger partial charge in [-0.25, -0.2) is 4.98 Å². The van der Waals surface area contributed by atoms with Crippen molar-refractivity contribution in [2.24, 2.45) is 11.8 Å². The van der Waals surface area contributed by atoms with Gasteiger partial charge in [0.2, 0.25) is 0 Å². The summed E-state index contributed by atoms with van der Waals surface area (Å²) in [6.45, 7) is 9.08. The fourth-order valence-corrected chi connectivity index (χ4v) is 3.28. The Morgan fingerprint density at radius 3 is 2.32 bits per heavy atom. The Morgan fingerprint density at radius 2 is 1.79 bits per heavy atom. The Kier molecular flexibility index (Phi) is 4.77. The van der Waals surface area contributed by atoms with Crippen LogP contribution in [0.5, 0.6) is 0 Å². The van der Waals surface area contributed by atoms with Gasteiger partial charge in [-0.3, -0.25) is 0 Å². The van der Waals surface area contributed by atoms with Crippen LogP contribution in [-0.2, 0) is 0 Å². The summed E-state index contributed by atoms with van der Waals surface area (Å²) < 4.78 is 0.739. The first-order chi connectivity index (χ1) is 8.97. The molecule has 1 aromatic rings. The zero-order chi connectivity index (χ0) is 14.0.